The van der Waals surface area contributed by atoms with E-state index >= 15 is 0 Å². The summed E-state index contributed by atoms with van der Waals surface area (Å²) in [7, 11) is 0. The van der Waals surface area contributed by atoms with Gasteiger partial charge >= 0.3 is 5.88 Å². The topological polar surface area (TPSA) is 73.3 Å². The van der Waals surface area contributed by atoms with Crippen LogP contribution in [0.3, 0.4) is 0 Å². The Morgan fingerprint density at radius 1 is 1.29 bits per heavy atom. The standard InChI is InChI=1S/C9H5NO4/c11-7-5-9(10(12)13)14-8-4-2-1-3-6(7)8/h1-5H. The van der Waals surface area contributed by atoms with Crippen molar-refractivity contribution in [2.75, 3.05) is 0 Å². The van der Waals surface area contributed by atoms with Crippen LogP contribution in [0.25, 0.3) is 11.0 Å². The molecule has 0 spiro atoms. The maximum Gasteiger partial charge on any atom is 0.437 e. The van der Waals surface area contributed by atoms with E-state index in [1.807, 2.05) is 0 Å². The van der Waals surface area contributed by atoms with Crippen molar-refractivity contribution in [1.29, 1.82) is 0 Å². The fourth-order valence-electron chi connectivity index (χ4n) is 1.18. The second-order valence-corrected chi connectivity index (χ2v) is 2.70. The number of nitro groups is 1. The second-order valence-electron chi connectivity index (χ2n) is 2.70. The molecule has 0 aliphatic rings. The van der Waals surface area contributed by atoms with Crippen molar-refractivity contribution in [2.24, 2.45) is 0 Å². The largest absolute Gasteiger partial charge is 0.437 e. The molecule has 70 valence electrons. The molecule has 0 aliphatic carbocycles. The van der Waals surface area contributed by atoms with Crippen LogP contribution >= 0.6 is 0 Å². The van der Waals surface area contributed by atoms with Crippen molar-refractivity contribution < 1.29 is 9.34 Å². The number of fused-ring (bicyclic) bond motifs is 1. The van der Waals surface area contributed by atoms with E-state index in [-0.39, 0.29) is 5.58 Å². The molecule has 5 heteroatoms. The van der Waals surface area contributed by atoms with Gasteiger partial charge in [0.1, 0.15) is 16.6 Å². The number of hydrogen-bond acceptors (Lipinski definition) is 4. The smallest absolute Gasteiger partial charge is 0.400 e. The van der Waals surface area contributed by atoms with Gasteiger partial charge in [-0.15, -0.1) is 0 Å². The van der Waals surface area contributed by atoms with Crippen LogP contribution in [-0.2, 0) is 0 Å². The third-order valence-corrected chi connectivity index (χ3v) is 1.80. The molecule has 0 radical (unpaired) electrons. The van der Waals surface area contributed by atoms with Crippen molar-refractivity contribution in [3.8, 4) is 0 Å². The molecule has 0 unspecified atom stereocenters. The Balaban J connectivity index is 2.86. The Kier molecular flexibility index (Phi) is 1.78. The van der Waals surface area contributed by atoms with Gasteiger partial charge in [-0.3, -0.25) is 14.9 Å². The normalized spacial score (nSPS) is 10.3. The van der Waals surface area contributed by atoms with Gasteiger partial charge in [-0.05, 0) is 12.1 Å². The van der Waals surface area contributed by atoms with E-state index in [0.717, 1.165) is 6.07 Å². The van der Waals surface area contributed by atoms with Crippen LogP contribution in [0.15, 0.2) is 39.5 Å². The maximum atomic E-state index is 11.3. The summed E-state index contributed by atoms with van der Waals surface area (Å²) in [5, 5.41) is 10.7. The quantitative estimate of drug-likeness (QED) is 0.507. The van der Waals surface area contributed by atoms with Gasteiger partial charge in [-0.2, -0.15) is 0 Å². The predicted octanol–water partition coefficient (Wildman–Crippen LogP) is 1.70. The van der Waals surface area contributed by atoms with E-state index in [2.05, 4.69) is 0 Å². The number of nitrogens with zero attached hydrogens (tertiary/aromatic N) is 1. The van der Waals surface area contributed by atoms with Gasteiger partial charge in [-0.25, -0.2) is 0 Å². The third-order valence-electron chi connectivity index (χ3n) is 1.80. The summed E-state index contributed by atoms with van der Waals surface area (Å²) in [4.78, 5) is 21.0. The van der Waals surface area contributed by atoms with Crippen LogP contribution in [0, 0.1) is 10.1 Å². The van der Waals surface area contributed by atoms with Gasteiger partial charge in [0, 0.05) is 0 Å². The van der Waals surface area contributed by atoms with Gasteiger partial charge in [0.25, 0.3) is 0 Å². The van der Waals surface area contributed by atoms with Gasteiger partial charge in [0.05, 0.1) is 5.39 Å². The van der Waals surface area contributed by atoms with Crippen molar-refractivity contribution >= 4 is 16.9 Å². The van der Waals surface area contributed by atoms with Crippen molar-refractivity contribution in [2.45, 2.75) is 0 Å². The summed E-state index contributed by atoms with van der Waals surface area (Å²) < 4.78 is 4.90. The highest BCUT2D eigenvalue weighted by Crippen LogP contribution is 2.16. The average Bonchev–Trinajstić information content (AvgIpc) is 2.17. The summed E-state index contributed by atoms with van der Waals surface area (Å²) in [6.07, 6.45) is 0. The molecular weight excluding hydrogens is 186 g/mol. The van der Waals surface area contributed by atoms with Crippen LogP contribution in [0.1, 0.15) is 0 Å². The minimum absolute atomic E-state index is 0.228. The van der Waals surface area contributed by atoms with Crippen LogP contribution in [0.4, 0.5) is 5.88 Å². The molecule has 0 atom stereocenters. The van der Waals surface area contributed by atoms with Crippen LogP contribution in [0.5, 0.6) is 0 Å². The SMILES string of the molecule is O=c1cc([N+](=O)[O-])oc2ccccc12. The zero-order valence-electron chi connectivity index (χ0n) is 6.97. The molecule has 0 saturated carbocycles. The highest BCUT2D eigenvalue weighted by Gasteiger charge is 2.12. The molecule has 1 aromatic heterocycles. The Morgan fingerprint density at radius 3 is 2.71 bits per heavy atom. The molecule has 0 aliphatic heterocycles. The number of para-hydroxylation sites is 1. The van der Waals surface area contributed by atoms with E-state index < -0.39 is 16.2 Å². The lowest BCUT2D eigenvalue weighted by molar-refractivity contribution is -0.402. The lowest BCUT2D eigenvalue weighted by Gasteiger charge is -1.94. The zero-order valence-corrected chi connectivity index (χ0v) is 6.97. The molecule has 5 nitrogen and oxygen atoms in total. The zero-order chi connectivity index (χ0) is 10.1. The highest BCUT2D eigenvalue weighted by atomic mass is 16.6. The maximum absolute atomic E-state index is 11.3. The van der Waals surface area contributed by atoms with Crippen molar-refractivity contribution in [3.05, 3.63) is 50.7 Å². The first kappa shape index (κ1) is 8.43. The first-order valence-corrected chi connectivity index (χ1v) is 3.86. The van der Waals surface area contributed by atoms with Crippen molar-refractivity contribution in [3.63, 3.8) is 0 Å². The number of hydrogen-bond donors (Lipinski definition) is 0. The molecule has 2 aromatic rings. The summed E-state index contributed by atoms with van der Waals surface area (Å²) >= 11 is 0. The summed E-state index contributed by atoms with van der Waals surface area (Å²) in [6.45, 7) is 0. The van der Waals surface area contributed by atoms with Crippen molar-refractivity contribution in [1.82, 2.24) is 0 Å². The average molecular weight is 191 g/mol. The predicted molar refractivity (Wildman–Crippen MR) is 49.1 cm³/mol. The molecule has 1 heterocycles. The van der Waals surface area contributed by atoms with Gasteiger partial charge in [0.15, 0.2) is 5.43 Å². The van der Waals surface area contributed by atoms with E-state index in [9.17, 15) is 14.9 Å². The van der Waals surface area contributed by atoms with Gasteiger partial charge < -0.3 is 4.42 Å². The summed E-state index contributed by atoms with van der Waals surface area (Å²) in [5.41, 5.74) is -0.176. The molecular formula is C9H5NO4. The molecule has 0 amide bonds. The molecule has 0 N–H and O–H groups in total. The van der Waals surface area contributed by atoms with Crippen LogP contribution in [-0.4, -0.2) is 4.92 Å². The first-order valence-electron chi connectivity index (χ1n) is 3.86. The Morgan fingerprint density at radius 2 is 2.00 bits per heavy atom. The summed E-state index contributed by atoms with van der Waals surface area (Å²) in [5.74, 6) is -0.534. The first-order chi connectivity index (χ1) is 6.68. The Bertz CT molecular complexity index is 558. The molecule has 2 rings (SSSR count). The minimum Gasteiger partial charge on any atom is -0.400 e. The third kappa shape index (κ3) is 1.24. The monoisotopic (exact) mass is 191 g/mol. The molecule has 14 heavy (non-hydrogen) atoms. The molecule has 0 fully saturated rings. The Hall–Kier alpha value is -2.17. The van der Waals surface area contributed by atoms with E-state index in [0.29, 0.717) is 5.39 Å². The van der Waals surface area contributed by atoms with E-state index in [1.54, 1.807) is 18.2 Å². The van der Waals surface area contributed by atoms with E-state index in [1.165, 1.54) is 6.07 Å². The van der Waals surface area contributed by atoms with Gasteiger partial charge in [-0.1, -0.05) is 12.1 Å². The highest BCUT2D eigenvalue weighted by molar-refractivity contribution is 5.76. The summed E-state index contributed by atoms with van der Waals surface area (Å²) in [6, 6.07) is 7.27. The van der Waals surface area contributed by atoms with Crippen LogP contribution < -0.4 is 5.43 Å². The Labute approximate surface area is 77.7 Å². The lowest BCUT2D eigenvalue weighted by Crippen LogP contribution is -2.01. The van der Waals surface area contributed by atoms with E-state index in [4.69, 9.17) is 4.42 Å². The number of benzene rings is 1. The number of rotatable bonds is 1. The fraction of sp³-hybridized carbons (Fsp3) is 0. The minimum atomic E-state index is -0.728. The lowest BCUT2D eigenvalue weighted by atomic mass is 10.2. The van der Waals surface area contributed by atoms with Gasteiger partial charge in [0.2, 0.25) is 0 Å². The second kappa shape index (κ2) is 2.95. The molecule has 0 saturated heterocycles. The fourth-order valence-corrected chi connectivity index (χ4v) is 1.18. The van der Waals surface area contributed by atoms with Crippen LogP contribution in [0.2, 0.25) is 0 Å². The molecule has 0 bridgehead atoms. The molecule has 1 aromatic carbocycles.